The number of benzene rings is 1. The van der Waals surface area contributed by atoms with Gasteiger partial charge in [0.05, 0.1) is 18.1 Å². The van der Waals surface area contributed by atoms with E-state index in [1.807, 2.05) is 44.2 Å². The molecule has 1 heterocycles. The van der Waals surface area contributed by atoms with Crippen LogP contribution in [0, 0.1) is 11.8 Å². The second kappa shape index (κ2) is 11.4. The molecule has 3 N–H and O–H groups in total. The van der Waals surface area contributed by atoms with Crippen molar-refractivity contribution in [3.8, 4) is 0 Å². The van der Waals surface area contributed by atoms with Gasteiger partial charge in [0.2, 0.25) is 5.91 Å². The van der Waals surface area contributed by atoms with E-state index >= 15 is 0 Å². The Hall–Kier alpha value is -2.58. The molecule has 1 aromatic carbocycles. The lowest BCUT2D eigenvalue weighted by atomic mass is 9.74. The Morgan fingerprint density at radius 1 is 1.14 bits per heavy atom. The predicted molar refractivity (Wildman–Crippen MR) is 111 cm³/mol. The normalized spacial score (nSPS) is 13.0. The first kappa shape index (κ1) is 22.7. The highest BCUT2D eigenvalue weighted by atomic mass is 16.4. The minimum Gasteiger partial charge on any atom is -0.426 e. The Kier molecular flexibility index (Phi) is 8.95. The average Bonchev–Trinajstić information content (AvgIpc) is 2.68. The third-order valence-corrected chi connectivity index (χ3v) is 4.58. The predicted octanol–water partition coefficient (Wildman–Crippen LogP) is 1.38. The van der Waals surface area contributed by atoms with Crippen molar-refractivity contribution in [2.24, 2.45) is 11.8 Å². The molecule has 0 fully saturated rings. The summed E-state index contributed by atoms with van der Waals surface area (Å²) in [6, 6.07) is 9.45. The number of Topliss-reactive ketones (excluding diaryl/α,β-unsaturated/α-hetero) is 1. The molecule has 7 nitrogen and oxygen atoms in total. The van der Waals surface area contributed by atoms with Gasteiger partial charge in [0.15, 0.2) is 0 Å². The van der Waals surface area contributed by atoms with E-state index in [1.54, 1.807) is 0 Å². The Labute approximate surface area is 171 Å². The van der Waals surface area contributed by atoms with Gasteiger partial charge in [0.25, 0.3) is 0 Å². The third kappa shape index (κ3) is 8.13. The van der Waals surface area contributed by atoms with Gasteiger partial charge in [-0.05, 0) is 24.3 Å². The molecule has 0 saturated carbocycles. The van der Waals surface area contributed by atoms with Crippen molar-refractivity contribution in [3.63, 3.8) is 0 Å². The Balaban J connectivity index is 2.10. The van der Waals surface area contributed by atoms with Gasteiger partial charge in [-0.1, -0.05) is 44.2 Å². The number of carbonyl (C=O) groups excluding carboxylic acids is 2. The summed E-state index contributed by atoms with van der Waals surface area (Å²) in [5, 5.41) is 22.0. The molecule has 0 aliphatic heterocycles. The maximum Gasteiger partial charge on any atom is 0.475 e. The highest BCUT2D eigenvalue weighted by molar-refractivity contribution is 6.43. The monoisotopic (exact) mass is 397 g/mol. The van der Waals surface area contributed by atoms with Gasteiger partial charge in [-0.25, -0.2) is 0 Å². The number of nitrogens with one attached hydrogen (secondary N) is 1. The zero-order valence-corrected chi connectivity index (χ0v) is 16.9. The van der Waals surface area contributed by atoms with Crippen molar-refractivity contribution in [2.75, 3.05) is 0 Å². The van der Waals surface area contributed by atoms with Crippen LogP contribution in [0.2, 0.25) is 0 Å². The number of aromatic nitrogens is 2. The SMILES string of the molecule is CC(C)C[C@H](NC(=O)[C@@H](CC(=O)Cc1cnccn1)Cc1ccccc1)B(O)O. The summed E-state index contributed by atoms with van der Waals surface area (Å²) in [4.78, 5) is 33.6. The number of hydrogen-bond donors (Lipinski definition) is 3. The van der Waals surface area contributed by atoms with E-state index in [-0.39, 0.29) is 30.4 Å². The molecule has 0 aliphatic rings. The fraction of sp³-hybridized carbons (Fsp3) is 0.429. The number of hydrogen-bond acceptors (Lipinski definition) is 6. The Morgan fingerprint density at radius 2 is 1.86 bits per heavy atom. The molecule has 8 heteroatoms. The fourth-order valence-electron chi connectivity index (χ4n) is 3.19. The molecule has 0 bridgehead atoms. The molecule has 2 atom stereocenters. The van der Waals surface area contributed by atoms with E-state index in [1.165, 1.54) is 18.6 Å². The second-order valence-electron chi connectivity index (χ2n) is 7.66. The molecule has 0 radical (unpaired) electrons. The lowest BCUT2D eigenvalue weighted by Crippen LogP contribution is -2.49. The quantitative estimate of drug-likeness (QED) is 0.494. The van der Waals surface area contributed by atoms with Crippen LogP contribution in [-0.2, 0) is 22.4 Å². The number of nitrogens with zero attached hydrogens (tertiary/aromatic N) is 2. The third-order valence-electron chi connectivity index (χ3n) is 4.58. The molecule has 1 aromatic heterocycles. The largest absolute Gasteiger partial charge is 0.475 e. The molecule has 154 valence electrons. The van der Waals surface area contributed by atoms with Crippen LogP contribution in [0.5, 0.6) is 0 Å². The van der Waals surface area contributed by atoms with E-state index in [4.69, 9.17) is 0 Å². The van der Waals surface area contributed by atoms with Crippen molar-refractivity contribution < 1.29 is 19.6 Å². The topological polar surface area (TPSA) is 112 Å². The summed E-state index contributed by atoms with van der Waals surface area (Å²) in [7, 11) is -1.66. The van der Waals surface area contributed by atoms with E-state index in [2.05, 4.69) is 15.3 Å². The van der Waals surface area contributed by atoms with Crippen LogP contribution < -0.4 is 5.32 Å². The summed E-state index contributed by atoms with van der Waals surface area (Å²) in [5.41, 5.74) is 1.49. The van der Waals surface area contributed by atoms with Gasteiger partial charge in [-0.2, -0.15) is 0 Å². The summed E-state index contributed by atoms with van der Waals surface area (Å²) >= 11 is 0. The van der Waals surface area contributed by atoms with E-state index in [0.29, 0.717) is 18.5 Å². The first-order valence-corrected chi connectivity index (χ1v) is 9.82. The molecule has 0 saturated heterocycles. The molecule has 29 heavy (non-hydrogen) atoms. The highest BCUT2D eigenvalue weighted by Crippen LogP contribution is 2.16. The molecule has 1 amide bonds. The molecule has 0 spiro atoms. The van der Waals surface area contributed by atoms with Crippen molar-refractivity contribution >= 4 is 18.8 Å². The van der Waals surface area contributed by atoms with Crippen LogP contribution in [0.3, 0.4) is 0 Å². The van der Waals surface area contributed by atoms with E-state index in [0.717, 1.165) is 5.56 Å². The lowest BCUT2D eigenvalue weighted by molar-refractivity contribution is -0.129. The van der Waals surface area contributed by atoms with Crippen molar-refractivity contribution in [3.05, 3.63) is 60.2 Å². The van der Waals surface area contributed by atoms with Crippen LogP contribution >= 0.6 is 0 Å². The van der Waals surface area contributed by atoms with E-state index in [9.17, 15) is 19.6 Å². The van der Waals surface area contributed by atoms with Crippen LogP contribution in [0.25, 0.3) is 0 Å². The van der Waals surface area contributed by atoms with Gasteiger partial charge in [-0.15, -0.1) is 0 Å². The fourth-order valence-corrected chi connectivity index (χ4v) is 3.19. The molecular formula is C21H28BN3O4. The highest BCUT2D eigenvalue weighted by Gasteiger charge is 2.30. The van der Waals surface area contributed by atoms with Gasteiger partial charge in [-0.3, -0.25) is 19.6 Å². The summed E-state index contributed by atoms with van der Waals surface area (Å²) in [5.74, 6) is -1.70. The van der Waals surface area contributed by atoms with Crippen LogP contribution in [0.4, 0.5) is 0 Å². The Bertz CT molecular complexity index is 772. The van der Waals surface area contributed by atoms with Gasteiger partial charge < -0.3 is 15.4 Å². The van der Waals surface area contributed by atoms with E-state index < -0.39 is 19.0 Å². The molecule has 2 rings (SSSR count). The number of amides is 1. The summed E-state index contributed by atoms with van der Waals surface area (Å²) < 4.78 is 0. The maximum atomic E-state index is 12.9. The number of carbonyl (C=O) groups is 2. The standard InChI is InChI=1S/C21H28BN3O4/c1-15(2)10-20(22(28)29)25-21(27)17(11-16-6-4-3-5-7-16)12-19(26)13-18-14-23-8-9-24-18/h3-9,14-15,17,20,28-29H,10-13H2,1-2H3,(H,25,27)/t17-,20+/m1/s1. The summed E-state index contributed by atoms with van der Waals surface area (Å²) in [6.07, 6.45) is 5.54. The minimum absolute atomic E-state index is 0.0349. The number of rotatable bonds is 11. The van der Waals surface area contributed by atoms with Crippen molar-refractivity contribution in [1.29, 1.82) is 0 Å². The van der Waals surface area contributed by atoms with Crippen LogP contribution in [-0.4, -0.2) is 44.8 Å². The second-order valence-corrected chi connectivity index (χ2v) is 7.66. The maximum absolute atomic E-state index is 12.9. The molecule has 2 aromatic rings. The smallest absolute Gasteiger partial charge is 0.426 e. The molecular weight excluding hydrogens is 369 g/mol. The summed E-state index contributed by atoms with van der Waals surface area (Å²) in [6.45, 7) is 3.88. The molecule has 0 aliphatic carbocycles. The van der Waals surface area contributed by atoms with Gasteiger partial charge in [0.1, 0.15) is 5.78 Å². The van der Waals surface area contributed by atoms with Crippen LogP contribution in [0.15, 0.2) is 48.9 Å². The van der Waals surface area contributed by atoms with Gasteiger partial charge >= 0.3 is 7.12 Å². The first-order valence-electron chi connectivity index (χ1n) is 9.82. The van der Waals surface area contributed by atoms with Gasteiger partial charge in [0, 0.05) is 30.9 Å². The zero-order chi connectivity index (χ0) is 21.2. The van der Waals surface area contributed by atoms with Crippen LogP contribution in [0.1, 0.15) is 37.9 Å². The van der Waals surface area contributed by atoms with Crippen molar-refractivity contribution in [1.82, 2.24) is 15.3 Å². The first-order chi connectivity index (χ1) is 13.8. The minimum atomic E-state index is -1.66. The Morgan fingerprint density at radius 3 is 2.45 bits per heavy atom. The average molecular weight is 397 g/mol. The lowest BCUT2D eigenvalue weighted by Gasteiger charge is -2.23. The zero-order valence-electron chi connectivity index (χ0n) is 16.9. The van der Waals surface area contributed by atoms with Crippen molar-refractivity contribution in [2.45, 2.75) is 45.5 Å². The molecule has 0 unspecified atom stereocenters. The number of ketones is 1.